The fourth-order valence-corrected chi connectivity index (χ4v) is 2.56. The molecular weight excluding hydrogens is 358 g/mol. The molecule has 9 nitrogen and oxygen atoms in total. The number of nitrogens with zero attached hydrogens (tertiary/aromatic N) is 5. The number of fused-ring (bicyclic) bond motifs is 1. The summed E-state index contributed by atoms with van der Waals surface area (Å²) in [7, 11) is 0. The highest BCUT2D eigenvalue weighted by atomic mass is 16.5. The molecule has 0 saturated carbocycles. The van der Waals surface area contributed by atoms with Crippen molar-refractivity contribution in [3.05, 3.63) is 71.9 Å². The average molecular weight is 375 g/mol. The van der Waals surface area contributed by atoms with Crippen LogP contribution in [0.3, 0.4) is 0 Å². The van der Waals surface area contributed by atoms with Crippen LogP contribution in [0.4, 0.5) is 17.6 Å². The quantitative estimate of drug-likeness (QED) is 0.511. The summed E-state index contributed by atoms with van der Waals surface area (Å²) in [6.45, 7) is 1.85. The normalized spacial score (nSPS) is 10.8. The minimum atomic E-state index is -0.573. The number of aryl methyl sites for hydroxylation is 1. The number of hydrogen-bond acceptors (Lipinski definition) is 8. The van der Waals surface area contributed by atoms with Gasteiger partial charge in [-0.15, -0.1) is 0 Å². The molecule has 0 aliphatic carbocycles. The number of ether oxygens (including phenoxy) is 1. The zero-order chi connectivity index (χ0) is 19.5. The number of hydrogen-bond donors (Lipinski definition) is 2. The standard InChI is InChI=1S/C19H17N7O2/c1-12-5-7-13(8-6-12)21-19-24-15(23-18(20)25-19)11-28-17(27)14-10-26-9-3-2-4-16(26)22-14/h2-10H,11H2,1H3,(H3,20,21,23,24,25). The van der Waals surface area contributed by atoms with Gasteiger partial charge in [-0.2, -0.15) is 15.0 Å². The van der Waals surface area contributed by atoms with Crippen LogP contribution in [0, 0.1) is 6.92 Å². The lowest BCUT2D eigenvalue weighted by Crippen LogP contribution is -2.11. The summed E-state index contributed by atoms with van der Waals surface area (Å²) in [5.41, 5.74) is 8.55. The zero-order valence-electron chi connectivity index (χ0n) is 15.0. The molecule has 0 fully saturated rings. The summed E-state index contributed by atoms with van der Waals surface area (Å²) in [5, 5.41) is 3.05. The number of benzene rings is 1. The van der Waals surface area contributed by atoms with Gasteiger partial charge in [0.25, 0.3) is 0 Å². The molecule has 4 rings (SSSR count). The minimum Gasteiger partial charge on any atom is -0.453 e. The Morgan fingerprint density at radius 2 is 1.93 bits per heavy atom. The summed E-state index contributed by atoms with van der Waals surface area (Å²) in [6.07, 6.45) is 3.40. The smallest absolute Gasteiger partial charge is 0.359 e. The number of nitrogens with two attached hydrogens (primary N) is 1. The highest BCUT2D eigenvalue weighted by Crippen LogP contribution is 2.15. The van der Waals surface area contributed by atoms with Crippen LogP contribution in [-0.2, 0) is 11.3 Å². The van der Waals surface area contributed by atoms with Gasteiger partial charge in [0.2, 0.25) is 11.9 Å². The van der Waals surface area contributed by atoms with E-state index >= 15 is 0 Å². The van der Waals surface area contributed by atoms with Gasteiger partial charge in [-0.05, 0) is 31.2 Å². The summed E-state index contributed by atoms with van der Waals surface area (Å²) in [5.74, 6) is -0.0338. The number of esters is 1. The van der Waals surface area contributed by atoms with Crippen molar-refractivity contribution in [1.29, 1.82) is 0 Å². The Kier molecular flexibility index (Phi) is 4.55. The molecule has 0 atom stereocenters. The first-order valence-corrected chi connectivity index (χ1v) is 8.52. The van der Waals surface area contributed by atoms with Crippen LogP contribution in [-0.4, -0.2) is 30.3 Å². The molecular formula is C19H17N7O2. The van der Waals surface area contributed by atoms with E-state index in [1.165, 1.54) is 0 Å². The maximum Gasteiger partial charge on any atom is 0.359 e. The lowest BCUT2D eigenvalue weighted by Gasteiger charge is -2.08. The third kappa shape index (κ3) is 3.88. The van der Waals surface area contributed by atoms with Crippen molar-refractivity contribution in [3.8, 4) is 0 Å². The van der Waals surface area contributed by atoms with Crippen molar-refractivity contribution in [2.45, 2.75) is 13.5 Å². The van der Waals surface area contributed by atoms with E-state index < -0.39 is 5.97 Å². The second-order valence-corrected chi connectivity index (χ2v) is 6.09. The lowest BCUT2D eigenvalue weighted by molar-refractivity contribution is 0.0456. The molecule has 0 spiro atoms. The summed E-state index contributed by atoms with van der Waals surface area (Å²) in [4.78, 5) is 28.8. The number of anilines is 3. The predicted octanol–water partition coefficient (Wildman–Crippen LogP) is 2.51. The van der Waals surface area contributed by atoms with Gasteiger partial charge in [0.1, 0.15) is 5.65 Å². The van der Waals surface area contributed by atoms with Gasteiger partial charge < -0.3 is 20.2 Å². The number of nitrogen functional groups attached to an aromatic ring is 1. The van der Waals surface area contributed by atoms with Gasteiger partial charge >= 0.3 is 5.97 Å². The third-order valence-electron chi connectivity index (χ3n) is 3.91. The van der Waals surface area contributed by atoms with Crippen LogP contribution >= 0.6 is 0 Å². The van der Waals surface area contributed by atoms with E-state index in [1.807, 2.05) is 43.3 Å². The molecule has 0 saturated heterocycles. The van der Waals surface area contributed by atoms with Crippen molar-refractivity contribution >= 4 is 29.2 Å². The predicted molar refractivity (Wildman–Crippen MR) is 103 cm³/mol. The zero-order valence-corrected chi connectivity index (χ0v) is 15.0. The van der Waals surface area contributed by atoms with E-state index in [1.54, 1.807) is 22.9 Å². The van der Waals surface area contributed by atoms with E-state index in [0.29, 0.717) is 5.65 Å². The second kappa shape index (κ2) is 7.31. The van der Waals surface area contributed by atoms with Gasteiger partial charge in [-0.3, -0.25) is 0 Å². The first kappa shape index (κ1) is 17.4. The molecule has 4 aromatic rings. The first-order chi connectivity index (χ1) is 13.6. The van der Waals surface area contributed by atoms with Gasteiger partial charge in [0, 0.05) is 18.1 Å². The first-order valence-electron chi connectivity index (χ1n) is 8.52. The molecule has 0 unspecified atom stereocenters. The lowest BCUT2D eigenvalue weighted by atomic mass is 10.2. The third-order valence-corrected chi connectivity index (χ3v) is 3.91. The van der Waals surface area contributed by atoms with Gasteiger partial charge in [0.15, 0.2) is 18.1 Å². The fourth-order valence-electron chi connectivity index (χ4n) is 2.56. The molecule has 0 bridgehead atoms. The van der Waals surface area contributed by atoms with Crippen LogP contribution in [0.1, 0.15) is 21.9 Å². The Morgan fingerprint density at radius 1 is 1.11 bits per heavy atom. The molecule has 3 heterocycles. The van der Waals surface area contributed by atoms with Crippen LogP contribution in [0.15, 0.2) is 54.9 Å². The van der Waals surface area contributed by atoms with Crippen LogP contribution in [0.25, 0.3) is 5.65 Å². The fraction of sp³-hybridized carbons (Fsp3) is 0.105. The minimum absolute atomic E-state index is 0.0309. The Hall–Kier alpha value is -4.01. The maximum absolute atomic E-state index is 12.3. The molecule has 1 aromatic carbocycles. The number of nitrogens with one attached hydrogen (secondary N) is 1. The van der Waals surface area contributed by atoms with Crippen LogP contribution in [0.2, 0.25) is 0 Å². The molecule has 140 valence electrons. The van der Waals surface area contributed by atoms with E-state index in [-0.39, 0.29) is 30.0 Å². The highest BCUT2D eigenvalue weighted by molar-refractivity contribution is 5.87. The average Bonchev–Trinajstić information content (AvgIpc) is 3.12. The maximum atomic E-state index is 12.3. The number of aromatic nitrogens is 5. The Balaban J connectivity index is 1.46. The summed E-state index contributed by atoms with van der Waals surface area (Å²) in [6, 6.07) is 13.2. The Bertz CT molecular complexity index is 1110. The van der Waals surface area contributed by atoms with Crippen molar-refractivity contribution in [2.75, 3.05) is 11.1 Å². The monoisotopic (exact) mass is 375 g/mol. The molecule has 28 heavy (non-hydrogen) atoms. The molecule has 0 amide bonds. The van der Waals surface area contributed by atoms with Gasteiger partial charge in [-0.25, -0.2) is 9.78 Å². The molecule has 0 aliphatic heterocycles. The summed E-state index contributed by atoms with van der Waals surface area (Å²) < 4.78 is 7.01. The highest BCUT2D eigenvalue weighted by Gasteiger charge is 2.14. The van der Waals surface area contributed by atoms with Gasteiger partial charge in [0.05, 0.1) is 0 Å². The van der Waals surface area contributed by atoms with Crippen LogP contribution < -0.4 is 11.1 Å². The number of pyridine rings is 1. The molecule has 0 aliphatic rings. The molecule has 0 radical (unpaired) electrons. The molecule has 3 aromatic heterocycles. The van der Waals surface area contributed by atoms with Gasteiger partial charge in [-0.1, -0.05) is 23.8 Å². The van der Waals surface area contributed by atoms with E-state index in [0.717, 1.165) is 11.3 Å². The van der Waals surface area contributed by atoms with Crippen LogP contribution in [0.5, 0.6) is 0 Å². The SMILES string of the molecule is Cc1ccc(Nc2nc(N)nc(COC(=O)c3cn4ccccc4n3)n2)cc1. The topological polar surface area (TPSA) is 120 Å². The second-order valence-electron chi connectivity index (χ2n) is 6.09. The number of rotatable bonds is 5. The van der Waals surface area contributed by atoms with E-state index in [4.69, 9.17) is 10.5 Å². The van der Waals surface area contributed by atoms with E-state index in [2.05, 4.69) is 25.3 Å². The van der Waals surface area contributed by atoms with E-state index in [9.17, 15) is 4.79 Å². The number of imidazole rings is 1. The molecule has 3 N–H and O–H groups in total. The Morgan fingerprint density at radius 3 is 2.71 bits per heavy atom. The van der Waals surface area contributed by atoms with Crippen molar-refractivity contribution in [2.24, 2.45) is 0 Å². The van der Waals surface area contributed by atoms with Crippen molar-refractivity contribution in [1.82, 2.24) is 24.3 Å². The van der Waals surface area contributed by atoms with Crippen molar-refractivity contribution in [3.63, 3.8) is 0 Å². The van der Waals surface area contributed by atoms with Crippen molar-refractivity contribution < 1.29 is 9.53 Å². The largest absolute Gasteiger partial charge is 0.453 e. The number of carbonyl (C=O) groups excluding carboxylic acids is 1. The molecule has 9 heteroatoms. The summed E-state index contributed by atoms with van der Waals surface area (Å²) >= 11 is 0. The number of carbonyl (C=O) groups is 1. The Labute approximate surface area is 160 Å².